The number of amides is 2. The number of benzene rings is 1. The Hall–Kier alpha value is -2.70. The Morgan fingerprint density at radius 1 is 1.12 bits per heavy atom. The molecule has 1 aliphatic carbocycles. The van der Waals surface area contributed by atoms with Crippen molar-refractivity contribution in [2.24, 2.45) is 5.92 Å². The number of nitrogens with one attached hydrogen (secondary N) is 1. The molecule has 136 valence electrons. The standard InChI is InChI=1S/C19H23N5O2/c25-18(16-5-1-2-6-17(16)24-13-20-12-21-24)22-15-8-7-14(11-15)19(26)23-9-3-4-10-23/h1-2,5-6,12-15H,3-4,7-11H2,(H,22,25)/t14-,15+/m0/s1. The van der Waals surface area contributed by atoms with Gasteiger partial charge in [-0.25, -0.2) is 9.67 Å². The molecular weight excluding hydrogens is 330 g/mol. The minimum absolute atomic E-state index is 0.0443. The molecule has 4 rings (SSSR count). The third kappa shape index (κ3) is 3.34. The number of nitrogens with zero attached hydrogens (tertiary/aromatic N) is 4. The third-order valence-electron chi connectivity index (χ3n) is 5.35. The van der Waals surface area contributed by atoms with Crippen molar-refractivity contribution in [1.82, 2.24) is 25.0 Å². The summed E-state index contributed by atoms with van der Waals surface area (Å²) in [5, 5.41) is 7.22. The second-order valence-electron chi connectivity index (χ2n) is 7.07. The third-order valence-corrected chi connectivity index (χ3v) is 5.35. The highest BCUT2D eigenvalue weighted by Crippen LogP contribution is 2.29. The van der Waals surface area contributed by atoms with Crippen LogP contribution in [0.4, 0.5) is 0 Å². The Bertz CT molecular complexity index is 783. The summed E-state index contributed by atoms with van der Waals surface area (Å²) in [6, 6.07) is 7.38. The molecule has 2 aliphatic rings. The molecule has 0 bridgehead atoms. The van der Waals surface area contributed by atoms with Crippen LogP contribution in [0.1, 0.15) is 42.5 Å². The minimum atomic E-state index is -0.129. The van der Waals surface area contributed by atoms with Crippen LogP contribution in [0.5, 0.6) is 0 Å². The molecule has 2 fully saturated rings. The zero-order valence-electron chi connectivity index (χ0n) is 14.7. The number of carbonyl (C=O) groups is 2. The molecule has 1 aliphatic heterocycles. The predicted molar refractivity (Wildman–Crippen MR) is 95.8 cm³/mol. The molecule has 2 aromatic rings. The van der Waals surface area contributed by atoms with Gasteiger partial charge in [-0.2, -0.15) is 5.10 Å². The summed E-state index contributed by atoms with van der Waals surface area (Å²) in [5.41, 5.74) is 1.26. The number of carbonyl (C=O) groups excluding carboxylic acids is 2. The van der Waals surface area contributed by atoms with Gasteiger partial charge in [0, 0.05) is 25.0 Å². The second-order valence-corrected chi connectivity index (χ2v) is 7.07. The first-order valence-electron chi connectivity index (χ1n) is 9.26. The summed E-state index contributed by atoms with van der Waals surface area (Å²) in [7, 11) is 0. The van der Waals surface area contributed by atoms with E-state index in [1.165, 1.54) is 6.33 Å². The molecule has 1 saturated carbocycles. The first kappa shape index (κ1) is 16.8. The van der Waals surface area contributed by atoms with E-state index in [0.29, 0.717) is 11.3 Å². The Labute approximate surface area is 152 Å². The van der Waals surface area contributed by atoms with E-state index in [1.54, 1.807) is 17.1 Å². The molecule has 0 radical (unpaired) electrons. The topological polar surface area (TPSA) is 80.1 Å². The van der Waals surface area contributed by atoms with Gasteiger partial charge in [0.1, 0.15) is 12.7 Å². The van der Waals surface area contributed by atoms with E-state index >= 15 is 0 Å². The van der Waals surface area contributed by atoms with Crippen molar-refractivity contribution in [2.45, 2.75) is 38.1 Å². The zero-order valence-corrected chi connectivity index (χ0v) is 14.7. The van der Waals surface area contributed by atoms with Crippen molar-refractivity contribution in [3.05, 3.63) is 42.5 Å². The van der Waals surface area contributed by atoms with Crippen molar-refractivity contribution in [2.75, 3.05) is 13.1 Å². The van der Waals surface area contributed by atoms with Crippen molar-refractivity contribution in [1.29, 1.82) is 0 Å². The summed E-state index contributed by atoms with van der Waals surface area (Å²) < 4.78 is 1.59. The molecule has 7 heteroatoms. The van der Waals surface area contributed by atoms with Gasteiger partial charge in [-0.3, -0.25) is 9.59 Å². The fraction of sp³-hybridized carbons (Fsp3) is 0.474. The molecule has 1 N–H and O–H groups in total. The lowest BCUT2D eigenvalue weighted by atomic mass is 10.1. The predicted octanol–water partition coefficient (Wildman–Crippen LogP) is 1.79. The first-order valence-corrected chi connectivity index (χ1v) is 9.26. The van der Waals surface area contributed by atoms with Gasteiger partial charge < -0.3 is 10.2 Å². The molecule has 2 atom stereocenters. The molecule has 2 heterocycles. The van der Waals surface area contributed by atoms with E-state index in [4.69, 9.17) is 0 Å². The molecule has 0 spiro atoms. The maximum absolute atomic E-state index is 12.8. The van der Waals surface area contributed by atoms with Gasteiger partial charge in [-0.15, -0.1) is 0 Å². The maximum atomic E-state index is 12.8. The Morgan fingerprint density at radius 3 is 2.69 bits per heavy atom. The van der Waals surface area contributed by atoms with Crippen LogP contribution >= 0.6 is 0 Å². The fourth-order valence-electron chi connectivity index (χ4n) is 3.99. The van der Waals surface area contributed by atoms with E-state index in [0.717, 1.165) is 45.2 Å². The summed E-state index contributed by atoms with van der Waals surface area (Å²) in [6.45, 7) is 1.77. The average molecular weight is 353 g/mol. The summed E-state index contributed by atoms with van der Waals surface area (Å²) in [5.74, 6) is 0.182. The summed E-state index contributed by atoms with van der Waals surface area (Å²) >= 11 is 0. The number of aromatic nitrogens is 3. The van der Waals surface area contributed by atoms with Gasteiger partial charge in [0.2, 0.25) is 5.91 Å². The largest absolute Gasteiger partial charge is 0.349 e. The van der Waals surface area contributed by atoms with Gasteiger partial charge in [0.25, 0.3) is 5.91 Å². The van der Waals surface area contributed by atoms with Gasteiger partial charge in [-0.1, -0.05) is 12.1 Å². The van der Waals surface area contributed by atoms with E-state index in [-0.39, 0.29) is 23.8 Å². The minimum Gasteiger partial charge on any atom is -0.349 e. The first-order chi connectivity index (χ1) is 12.7. The van der Waals surface area contributed by atoms with E-state index in [9.17, 15) is 9.59 Å². The molecule has 2 amide bonds. The van der Waals surface area contributed by atoms with Gasteiger partial charge >= 0.3 is 0 Å². The number of likely N-dealkylation sites (tertiary alicyclic amines) is 1. The molecule has 1 aromatic heterocycles. The number of rotatable bonds is 4. The van der Waals surface area contributed by atoms with Crippen LogP contribution in [0.15, 0.2) is 36.9 Å². The molecule has 26 heavy (non-hydrogen) atoms. The van der Waals surface area contributed by atoms with Gasteiger partial charge in [0.15, 0.2) is 0 Å². The van der Waals surface area contributed by atoms with Crippen LogP contribution in [0.2, 0.25) is 0 Å². The highest BCUT2D eigenvalue weighted by Gasteiger charge is 2.34. The van der Waals surface area contributed by atoms with E-state index < -0.39 is 0 Å². The van der Waals surface area contributed by atoms with Crippen molar-refractivity contribution < 1.29 is 9.59 Å². The second kappa shape index (κ2) is 7.27. The molecule has 7 nitrogen and oxygen atoms in total. The quantitative estimate of drug-likeness (QED) is 0.909. The molecule has 1 saturated heterocycles. The van der Waals surface area contributed by atoms with Crippen molar-refractivity contribution in [3.63, 3.8) is 0 Å². The Morgan fingerprint density at radius 2 is 1.92 bits per heavy atom. The van der Waals surface area contributed by atoms with Crippen LogP contribution in [0.3, 0.4) is 0 Å². The van der Waals surface area contributed by atoms with Gasteiger partial charge in [0.05, 0.1) is 11.3 Å². The number of hydrogen-bond donors (Lipinski definition) is 1. The summed E-state index contributed by atoms with van der Waals surface area (Å²) in [6.07, 6.45) is 7.67. The number of hydrogen-bond acceptors (Lipinski definition) is 4. The van der Waals surface area contributed by atoms with Crippen molar-refractivity contribution in [3.8, 4) is 5.69 Å². The molecule has 0 unspecified atom stereocenters. The van der Waals surface area contributed by atoms with Crippen LogP contribution in [0, 0.1) is 5.92 Å². The zero-order chi connectivity index (χ0) is 17.9. The smallest absolute Gasteiger partial charge is 0.253 e. The van der Waals surface area contributed by atoms with Crippen LogP contribution < -0.4 is 5.32 Å². The average Bonchev–Trinajstić information content (AvgIpc) is 3.43. The van der Waals surface area contributed by atoms with E-state index in [2.05, 4.69) is 15.4 Å². The number of para-hydroxylation sites is 1. The molecule has 1 aromatic carbocycles. The van der Waals surface area contributed by atoms with E-state index in [1.807, 2.05) is 23.1 Å². The van der Waals surface area contributed by atoms with Crippen LogP contribution in [-0.2, 0) is 4.79 Å². The van der Waals surface area contributed by atoms with Crippen LogP contribution in [-0.4, -0.2) is 50.6 Å². The van der Waals surface area contributed by atoms with Gasteiger partial charge in [-0.05, 0) is 44.2 Å². The highest BCUT2D eigenvalue weighted by molar-refractivity contribution is 5.98. The maximum Gasteiger partial charge on any atom is 0.253 e. The Balaban J connectivity index is 1.41. The lowest BCUT2D eigenvalue weighted by Gasteiger charge is -2.20. The normalized spacial score (nSPS) is 22.5. The fourth-order valence-corrected chi connectivity index (χ4v) is 3.99. The lowest BCUT2D eigenvalue weighted by molar-refractivity contribution is -0.134. The van der Waals surface area contributed by atoms with Crippen LogP contribution in [0.25, 0.3) is 5.69 Å². The Kier molecular flexibility index (Phi) is 4.69. The molecular formula is C19H23N5O2. The SMILES string of the molecule is O=C(N[C@@H]1CC[C@H](C(=O)N2CCCC2)C1)c1ccccc1-n1cncn1. The monoisotopic (exact) mass is 353 g/mol. The van der Waals surface area contributed by atoms with Crippen molar-refractivity contribution >= 4 is 11.8 Å². The highest BCUT2D eigenvalue weighted by atomic mass is 16.2. The summed E-state index contributed by atoms with van der Waals surface area (Å²) in [4.78, 5) is 31.3. The lowest BCUT2D eigenvalue weighted by Crippen LogP contribution is -2.36.